The Morgan fingerprint density at radius 1 is 0.844 bits per heavy atom. The van der Waals surface area contributed by atoms with Gasteiger partial charge in [-0.05, 0) is 91.7 Å². The van der Waals surface area contributed by atoms with Gasteiger partial charge in [0.05, 0.1) is 14.2 Å². The maximum Gasteiger partial charge on any atom is 0.119 e. The first-order chi connectivity index (χ1) is 15.8. The average molecular weight is 432 g/mol. The molecule has 0 spiro atoms. The van der Waals surface area contributed by atoms with Crippen molar-refractivity contribution in [1.29, 1.82) is 0 Å². The standard InChI is InChI=1S/C27H33N3O2/c1-31-25-12-7-10-23(17-25)27(24-11-8-13-26(18-24)32-2)14-4-6-16-28-15-5-3-9-22-19-29-21-30-20-22/h7-8,10-14,17-21,28H,3-6,9,15-16H2,1-2H3. The van der Waals surface area contributed by atoms with Crippen LogP contribution in [0.15, 0.2) is 73.3 Å². The fourth-order valence-corrected chi connectivity index (χ4v) is 3.62. The van der Waals surface area contributed by atoms with Crippen LogP contribution in [0, 0.1) is 0 Å². The lowest BCUT2D eigenvalue weighted by atomic mass is 9.96. The quantitative estimate of drug-likeness (QED) is 0.371. The molecule has 5 heteroatoms. The van der Waals surface area contributed by atoms with Crippen molar-refractivity contribution in [1.82, 2.24) is 15.3 Å². The summed E-state index contributed by atoms with van der Waals surface area (Å²) >= 11 is 0. The maximum absolute atomic E-state index is 5.43. The minimum Gasteiger partial charge on any atom is -0.497 e. The summed E-state index contributed by atoms with van der Waals surface area (Å²) in [4.78, 5) is 8.13. The lowest BCUT2D eigenvalue weighted by Crippen LogP contribution is -2.16. The van der Waals surface area contributed by atoms with Gasteiger partial charge >= 0.3 is 0 Å². The Morgan fingerprint density at radius 3 is 2.09 bits per heavy atom. The molecule has 2 aromatic carbocycles. The molecule has 1 aromatic heterocycles. The number of aromatic nitrogens is 2. The average Bonchev–Trinajstić information content (AvgIpc) is 2.86. The Balaban J connectivity index is 1.50. The molecule has 168 valence electrons. The molecule has 5 nitrogen and oxygen atoms in total. The van der Waals surface area contributed by atoms with E-state index in [0.717, 1.165) is 67.8 Å². The van der Waals surface area contributed by atoms with Gasteiger partial charge < -0.3 is 14.8 Å². The predicted octanol–water partition coefficient (Wildman–Crippen LogP) is 5.32. The van der Waals surface area contributed by atoms with Crippen molar-refractivity contribution in [3.05, 3.63) is 90.0 Å². The third-order valence-electron chi connectivity index (χ3n) is 5.35. The molecule has 1 N–H and O–H groups in total. The first-order valence-corrected chi connectivity index (χ1v) is 11.2. The molecule has 0 fully saturated rings. The lowest BCUT2D eigenvalue weighted by Gasteiger charge is -2.12. The zero-order valence-corrected chi connectivity index (χ0v) is 19.1. The number of aryl methyl sites for hydroxylation is 1. The highest BCUT2D eigenvalue weighted by Crippen LogP contribution is 2.29. The second-order valence-corrected chi connectivity index (χ2v) is 7.68. The van der Waals surface area contributed by atoms with Gasteiger partial charge in [-0.3, -0.25) is 0 Å². The van der Waals surface area contributed by atoms with E-state index in [-0.39, 0.29) is 0 Å². The smallest absolute Gasteiger partial charge is 0.119 e. The number of hydrogen-bond acceptors (Lipinski definition) is 5. The van der Waals surface area contributed by atoms with Crippen LogP contribution in [0.25, 0.3) is 5.57 Å². The Labute approximate surface area is 191 Å². The number of unbranched alkanes of at least 4 members (excludes halogenated alkanes) is 2. The van der Waals surface area contributed by atoms with Crippen LogP contribution >= 0.6 is 0 Å². The maximum atomic E-state index is 5.43. The van der Waals surface area contributed by atoms with Gasteiger partial charge in [0.2, 0.25) is 0 Å². The highest BCUT2D eigenvalue weighted by atomic mass is 16.5. The second kappa shape index (κ2) is 13.3. The van der Waals surface area contributed by atoms with Gasteiger partial charge in [0.25, 0.3) is 0 Å². The van der Waals surface area contributed by atoms with Crippen molar-refractivity contribution in [2.75, 3.05) is 27.3 Å². The van der Waals surface area contributed by atoms with Crippen molar-refractivity contribution in [2.24, 2.45) is 0 Å². The summed E-state index contributed by atoms with van der Waals surface area (Å²) in [6.07, 6.45) is 13.1. The van der Waals surface area contributed by atoms with Gasteiger partial charge in [-0.15, -0.1) is 0 Å². The molecule has 0 atom stereocenters. The Hall–Kier alpha value is -3.18. The summed E-state index contributed by atoms with van der Waals surface area (Å²) in [5, 5.41) is 3.56. The molecule has 3 aromatic rings. The molecule has 32 heavy (non-hydrogen) atoms. The third kappa shape index (κ3) is 7.50. The number of rotatable bonds is 13. The zero-order valence-electron chi connectivity index (χ0n) is 19.1. The van der Waals surface area contributed by atoms with Gasteiger partial charge in [-0.2, -0.15) is 0 Å². The summed E-state index contributed by atoms with van der Waals surface area (Å²) in [5.41, 5.74) is 4.71. The molecule has 0 unspecified atom stereocenters. The van der Waals surface area contributed by atoms with Crippen LogP contribution in [0.3, 0.4) is 0 Å². The van der Waals surface area contributed by atoms with Crippen LogP contribution in [0.4, 0.5) is 0 Å². The monoisotopic (exact) mass is 431 g/mol. The SMILES string of the molecule is COc1cccc(C(=CCCCNCCCCc2cncnc2)c2cccc(OC)c2)c1. The van der Waals surface area contributed by atoms with Crippen molar-refractivity contribution in [3.63, 3.8) is 0 Å². The first kappa shape index (κ1) is 23.5. The van der Waals surface area contributed by atoms with Gasteiger partial charge in [0, 0.05) is 12.4 Å². The van der Waals surface area contributed by atoms with E-state index in [2.05, 4.69) is 45.6 Å². The molecule has 3 rings (SSSR count). The predicted molar refractivity (Wildman–Crippen MR) is 130 cm³/mol. The van der Waals surface area contributed by atoms with Crippen LogP contribution in [-0.4, -0.2) is 37.3 Å². The zero-order chi connectivity index (χ0) is 22.4. The lowest BCUT2D eigenvalue weighted by molar-refractivity contribution is 0.414. The summed E-state index contributed by atoms with van der Waals surface area (Å²) in [6.45, 7) is 2.05. The molecule has 0 radical (unpaired) electrons. The largest absolute Gasteiger partial charge is 0.497 e. The van der Waals surface area contributed by atoms with Crippen molar-refractivity contribution in [2.45, 2.75) is 32.1 Å². The van der Waals surface area contributed by atoms with Crippen molar-refractivity contribution in [3.8, 4) is 11.5 Å². The molecule has 0 saturated heterocycles. The summed E-state index contributed by atoms with van der Waals surface area (Å²) in [5.74, 6) is 1.72. The van der Waals surface area contributed by atoms with Crippen molar-refractivity contribution >= 4 is 5.57 Å². The van der Waals surface area contributed by atoms with Crippen LogP contribution in [0.5, 0.6) is 11.5 Å². The Kier molecular flexibility index (Phi) is 9.74. The molecule has 0 amide bonds. The number of hydrogen-bond donors (Lipinski definition) is 1. The summed E-state index contributed by atoms with van der Waals surface area (Å²) in [7, 11) is 3.40. The fraction of sp³-hybridized carbons (Fsp3) is 0.333. The van der Waals surface area contributed by atoms with Gasteiger partial charge in [-0.1, -0.05) is 30.3 Å². The minimum absolute atomic E-state index is 0.861. The number of allylic oxidation sites excluding steroid dienone is 1. The van der Waals surface area contributed by atoms with Crippen molar-refractivity contribution < 1.29 is 9.47 Å². The molecule has 0 aliphatic heterocycles. The molecular weight excluding hydrogens is 398 g/mol. The van der Waals surface area contributed by atoms with Crippen LogP contribution < -0.4 is 14.8 Å². The molecular formula is C27H33N3O2. The van der Waals surface area contributed by atoms with Crippen LogP contribution in [0.2, 0.25) is 0 Å². The highest BCUT2D eigenvalue weighted by molar-refractivity contribution is 5.80. The van der Waals surface area contributed by atoms with Crippen LogP contribution in [-0.2, 0) is 6.42 Å². The normalized spacial score (nSPS) is 10.6. The van der Waals surface area contributed by atoms with E-state index in [9.17, 15) is 0 Å². The molecule has 1 heterocycles. The minimum atomic E-state index is 0.861. The number of nitrogens with one attached hydrogen (secondary N) is 1. The fourth-order valence-electron chi connectivity index (χ4n) is 3.62. The highest BCUT2D eigenvalue weighted by Gasteiger charge is 2.07. The Morgan fingerprint density at radius 2 is 1.47 bits per heavy atom. The number of benzene rings is 2. The van der Waals surface area contributed by atoms with E-state index < -0.39 is 0 Å². The number of methoxy groups -OCH3 is 2. The molecule has 0 aliphatic carbocycles. The van der Waals surface area contributed by atoms with E-state index in [1.165, 1.54) is 11.1 Å². The summed E-state index contributed by atoms with van der Waals surface area (Å²) in [6, 6.07) is 16.4. The number of ether oxygens (including phenoxy) is 2. The van der Waals surface area contributed by atoms with E-state index >= 15 is 0 Å². The third-order valence-corrected chi connectivity index (χ3v) is 5.35. The van der Waals surface area contributed by atoms with E-state index in [1.54, 1.807) is 20.5 Å². The van der Waals surface area contributed by atoms with Gasteiger partial charge in [0.1, 0.15) is 17.8 Å². The molecule has 0 bridgehead atoms. The van der Waals surface area contributed by atoms with E-state index in [4.69, 9.17) is 9.47 Å². The molecule has 0 aliphatic rings. The number of nitrogens with zero attached hydrogens (tertiary/aromatic N) is 2. The molecule has 0 saturated carbocycles. The van der Waals surface area contributed by atoms with Crippen LogP contribution in [0.1, 0.15) is 42.4 Å². The Bertz CT molecular complexity index is 924. The summed E-state index contributed by atoms with van der Waals surface area (Å²) < 4.78 is 10.9. The van der Waals surface area contributed by atoms with E-state index in [0.29, 0.717) is 0 Å². The van der Waals surface area contributed by atoms with Gasteiger partial charge in [-0.25, -0.2) is 9.97 Å². The van der Waals surface area contributed by atoms with E-state index in [1.807, 2.05) is 36.7 Å². The first-order valence-electron chi connectivity index (χ1n) is 11.2. The topological polar surface area (TPSA) is 56.3 Å². The second-order valence-electron chi connectivity index (χ2n) is 7.68. The van der Waals surface area contributed by atoms with Gasteiger partial charge in [0.15, 0.2) is 0 Å².